The molecule has 0 amide bonds. The Hall–Kier alpha value is -0.590. The van der Waals surface area contributed by atoms with Crippen LogP contribution in [-0.2, 0) is 0 Å². The van der Waals surface area contributed by atoms with Crippen LogP contribution in [0.4, 0.5) is 0 Å². The highest BCUT2D eigenvalue weighted by Gasteiger charge is 2.25. The summed E-state index contributed by atoms with van der Waals surface area (Å²) in [4.78, 5) is 2.45. The van der Waals surface area contributed by atoms with Gasteiger partial charge in [-0.1, -0.05) is 13.8 Å². The fraction of sp³-hybridized carbons (Fsp3) is 0.909. The average molecular weight is 195 g/mol. The molecule has 0 aromatic carbocycles. The van der Waals surface area contributed by atoms with Crippen LogP contribution >= 0.6 is 0 Å². The van der Waals surface area contributed by atoms with Crippen molar-refractivity contribution in [3.63, 3.8) is 0 Å². The number of nitriles is 1. The Morgan fingerprint density at radius 1 is 1.57 bits per heavy atom. The van der Waals surface area contributed by atoms with Crippen LogP contribution in [0.15, 0.2) is 0 Å². The lowest BCUT2D eigenvalue weighted by Gasteiger charge is -2.39. The quantitative estimate of drug-likeness (QED) is 0.736. The Labute approximate surface area is 87.1 Å². The van der Waals surface area contributed by atoms with Crippen molar-refractivity contribution in [2.45, 2.75) is 39.3 Å². The summed E-state index contributed by atoms with van der Waals surface area (Å²) in [6, 6.07) is 3.25. The first-order valence-electron chi connectivity index (χ1n) is 5.48. The summed E-state index contributed by atoms with van der Waals surface area (Å²) in [6.45, 7) is 9.81. The molecule has 1 aliphatic rings. The molecule has 1 aliphatic heterocycles. The molecule has 0 aromatic heterocycles. The molecule has 80 valence electrons. The van der Waals surface area contributed by atoms with E-state index in [9.17, 15) is 0 Å². The van der Waals surface area contributed by atoms with Gasteiger partial charge in [-0.3, -0.25) is 4.90 Å². The molecule has 1 N–H and O–H groups in total. The van der Waals surface area contributed by atoms with Crippen molar-refractivity contribution in [3.05, 3.63) is 0 Å². The Morgan fingerprint density at radius 3 is 2.86 bits per heavy atom. The van der Waals surface area contributed by atoms with E-state index in [1.54, 1.807) is 0 Å². The maximum absolute atomic E-state index is 8.73. The van der Waals surface area contributed by atoms with Gasteiger partial charge in [0.1, 0.15) is 0 Å². The van der Waals surface area contributed by atoms with E-state index in [1.807, 2.05) is 0 Å². The lowest BCUT2D eigenvalue weighted by molar-refractivity contribution is 0.123. The second kappa shape index (κ2) is 5.33. The minimum absolute atomic E-state index is 0.415. The molecule has 1 saturated heterocycles. The van der Waals surface area contributed by atoms with Crippen LogP contribution in [-0.4, -0.2) is 36.6 Å². The van der Waals surface area contributed by atoms with Gasteiger partial charge in [0.15, 0.2) is 0 Å². The summed E-state index contributed by atoms with van der Waals surface area (Å²) in [5, 5.41) is 12.2. The summed E-state index contributed by atoms with van der Waals surface area (Å²) in [5.41, 5.74) is 0. The maximum Gasteiger partial charge on any atom is 0.0638 e. The predicted octanol–water partition coefficient (Wildman–Crippen LogP) is 1.22. The van der Waals surface area contributed by atoms with E-state index in [0.717, 1.165) is 19.6 Å². The molecule has 3 heteroatoms. The van der Waals surface area contributed by atoms with Gasteiger partial charge in [0, 0.05) is 31.7 Å². The average Bonchev–Trinajstić information content (AvgIpc) is 2.09. The zero-order valence-electron chi connectivity index (χ0n) is 9.45. The van der Waals surface area contributed by atoms with Crippen molar-refractivity contribution < 1.29 is 0 Å². The van der Waals surface area contributed by atoms with Crippen LogP contribution in [0.5, 0.6) is 0 Å². The summed E-state index contributed by atoms with van der Waals surface area (Å²) >= 11 is 0. The second-order valence-electron chi connectivity index (χ2n) is 4.67. The number of hydrogen-bond acceptors (Lipinski definition) is 3. The third-order valence-electron chi connectivity index (χ3n) is 2.65. The molecule has 0 bridgehead atoms. The van der Waals surface area contributed by atoms with Gasteiger partial charge >= 0.3 is 0 Å². The lowest BCUT2D eigenvalue weighted by atomic mass is 10.1. The van der Waals surface area contributed by atoms with Gasteiger partial charge in [0.25, 0.3) is 0 Å². The van der Waals surface area contributed by atoms with Crippen molar-refractivity contribution in [2.24, 2.45) is 5.92 Å². The minimum atomic E-state index is 0.415. The highest BCUT2D eigenvalue weighted by molar-refractivity contribution is 4.90. The van der Waals surface area contributed by atoms with Crippen LogP contribution in [0.1, 0.15) is 27.2 Å². The number of piperazine rings is 1. The van der Waals surface area contributed by atoms with Crippen molar-refractivity contribution in [2.75, 3.05) is 19.6 Å². The minimum Gasteiger partial charge on any atom is -0.311 e. The molecule has 1 fully saturated rings. The van der Waals surface area contributed by atoms with E-state index in [-0.39, 0.29) is 0 Å². The topological polar surface area (TPSA) is 39.1 Å². The predicted molar refractivity (Wildman–Crippen MR) is 57.9 cm³/mol. The third-order valence-corrected chi connectivity index (χ3v) is 2.65. The molecule has 3 nitrogen and oxygen atoms in total. The Balaban J connectivity index is 2.50. The fourth-order valence-electron chi connectivity index (χ4n) is 2.03. The van der Waals surface area contributed by atoms with Crippen LogP contribution in [0.3, 0.4) is 0 Å². The highest BCUT2D eigenvalue weighted by Crippen LogP contribution is 2.12. The Kier molecular flexibility index (Phi) is 4.37. The van der Waals surface area contributed by atoms with Crippen molar-refractivity contribution in [1.29, 1.82) is 5.26 Å². The molecule has 2 atom stereocenters. The van der Waals surface area contributed by atoms with Gasteiger partial charge in [0.2, 0.25) is 0 Å². The SMILES string of the molecule is CC(C)CN1CC(C)NCC1CC#N. The molecule has 0 spiro atoms. The summed E-state index contributed by atoms with van der Waals surface area (Å²) in [6.07, 6.45) is 0.645. The standard InChI is InChI=1S/C11H21N3/c1-9(2)7-14-8-10(3)13-6-11(14)4-5-12/h9-11,13H,4,6-8H2,1-3H3. The van der Waals surface area contributed by atoms with Gasteiger partial charge in [-0.2, -0.15) is 5.26 Å². The van der Waals surface area contributed by atoms with Gasteiger partial charge < -0.3 is 5.32 Å². The number of nitrogens with one attached hydrogen (secondary N) is 1. The summed E-state index contributed by atoms with van der Waals surface area (Å²) < 4.78 is 0. The molecular weight excluding hydrogens is 174 g/mol. The van der Waals surface area contributed by atoms with Crippen molar-refractivity contribution in [1.82, 2.24) is 10.2 Å². The Bertz CT molecular complexity index is 205. The van der Waals surface area contributed by atoms with E-state index in [1.165, 1.54) is 0 Å². The molecule has 2 unspecified atom stereocenters. The van der Waals surface area contributed by atoms with Crippen molar-refractivity contribution >= 4 is 0 Å². The van der Waals surface area contributed by atoms with E-state index < -0.39 is 0 Å². The Morgan fingerprint density at radius 2 is 2.29 bits per heavy atom. The first-order chi connectivity index (χ1) is 6.63. The van der Waals surface area contributed by atoms with Crippen LogP contribution in [0.25, 0.3) is 0 Å². The van der Waals surface area contributed by atoms with E-state index in [0.29, 0.717) is 24.4 Å². The van der Waals surface area contributed by atoms with Gasteiger partial charge in [-0.05, 0) is 12.8 Å². The third kappa shape index (κ3) is 3.28. The molecule has 1 heterocycles. The fourth-order valence-corrected chi connectivity index (χ4v) is 2.03. The maximum atomic E-state index is 8.73. The van der Waals surface area contributed by atoms with Gasteiger partial charge in [0.05, 0.1) is 12.5 Å². The number of rotatable bonds is 3. The molecular formula is C11H21N3. The zero-order valence-corrected chi connectivity index (χ0v) is 9.45. The smallest absolute Gasteiger partial charge is 0.0638 e. The second-order valence-corrected chi connectivity index (χ2v) is 4.67. The van der Waals surface area contributed by atoms with Gasteiger partial charge in [-0.25, -0.2) is 0 Å². The van der Waals surface area contributed by atoms with Gasteiger partial charge in [-0.15, -0.1) is 0 Å². The largest absolute Gasteiger partial charge is 0.311 e. The lowest BCUT2D eigenvalue weighted by Crippen LogP contribution is -2.56. The molecule has 0 radical (unpaired) electrons. The summed E-state index contributed by atoms with van der Waals surface area (Å²) in [7, 11) is 0. The number of nitrogens with zero attached hydrogens (tertiary/aromatic N) is 2. The molecule has 14 heavy (non-hydrogen) atoms. The normalized spacial score (nSPS) is 29.1. The van der Waals surface area contributed by atoms with E-state index in [4.69, 9.17) is 5.26 Å². The first kappa shape index (κ1) is 11.5. The van der Waals surface area contributed by atoms with E-state index in [2.05, 4.69) is 37.1 Å². The number of hydrogen-bond donors (Lipinski definition) is 1. The van der Waals surface area contributed by atoms with Crippen molar-refractivity contribution in [3.8, 4) is 6.07 Å². The molecule has 0 aromatic rings. The first-order valence-corrected chi connectivity index (χ1v) is 5.48. The van der Waals surface area contributed by atoms with E-state index >= 15 is 0 Å². The highest BCUT2D eigenvalue weighted by atomic mass is 15.2. The van der Waals surface area contributed by atoms with Crippen LogP contribution < -0.4 is 5.32 Å². The van der Waals surface area contributed by atoms with Crippen LogP contribution in [0, 0.1) is 17.2 Å². The molecule has 0 saturated carbocycles. The molecule has 0 aliphatic carbocycles. The van der Waals surface area contributed by atoms with Crippen LogP contribution in [0.2, 0.25) is 0 Å². The monoisotopic (exact) mass is 195 g/mol. The zero-order chi connectivity index (χ0) is 10.6. The summed E-state index contributed by atoms with van der Waals surface area (Å²) in [5.74, 6) is 0.682. The molecule has 1 rings (SSSR count).